The van der Waals surface area contributed by atoms with Gasteiger partial charge in [0.1, 0.15) is 6.26 Å². The molecule has 3 heterocycles. The molecule has 1 unspecified atom stereocenters. The molecule has 3 aromatic heterocycles. The zero-order valence-corrected chi connectivity index (χ0v) is 16.8. The second-order valence-corrected chi connectivity index (χ2v) is 8.23. The SMILES string of the molecule is Cc1ccc(C(NC(=O)NCc2coc(-c3cccs3)n2)c2cccs2)cc1. The Hall–Kier alpha value is -2.90. The second kappa shape index (κ2) is 8.41. The standard InChI is InChI=1S/C21H19N3O2S2/c1-14-6-8-15(9-7-14)19(17-4-2-10-27-17)24-21(25)22-12-16-13-26-20(23-16)18-5-3-11-28-18/h2-11,13,19H,12H2,1H3,(H2,22,24,25). The van der Waals surface area contributed by atoms with Crippen LogP contribution in [0.2, 0.25) is 0 Å². The summed E-state index contributed by atoms with van der Waals surface area (Å²) in [5.41, 5.74) is 2.91. The zero-order valence-electron chi connectivity index (χ0n) is 15.2. The summed E-state index contributed by atoms with van der Waals surface area (Å²) in [6.45, 7) is 2.35. The Morgan fingerprint density at radius 3 is 2.61 bits per heavy atom. The summed E-state index contributed by atoms with van der Waals surface area (Å²) in [4.78, 5) is 19.0. The molecule has 7 heteroatoms. The predicted octanol–water partition coefficient (Wildman–Crippen LogP) is 5.36. The molecule has 28 heavy (non-hydrogen) atoms. The number of urea groups is 1. The molecule has 0 aliphatic heterocycles. The van der Waals surface area contributed by atoms with E-state index in [4.69, 9.17) is 4.42 Å². The molecular weight excluding hydrogens is 390 g/mol. The fourth-order valence-corrected chi connectivity index (χ4v) is 4.25. The number of hydrogen-bond acceptors (Lipinski definition) is 5. The number of nitrogens with zero attached hydrogens (tertiary/aromatic N) is 1. The lowest BCUT2D eigenvalue weighted by Gasteiger charge is -2.18. The third-order valence-corrected chi connectivity index (χ3v) is 6.02. The van der Waals surface area contributed by atoms with Gasteiger partial charge in [-0.15, -0.1) is 22.7 Å². The first-order chi connectivity index (χ1) is 13.7. The molecule has 1 atom stereocenters. The van der Waals surface area contributed by atoms with Crippen molar-refractivity contribution < 1.29 is 9.21 Å². The van der Waals surface area contributed by atoms with Crippen molar-refractivity contribution in [2.24, 2.45) is 0 Å². The summed E-state index contributed by atoms with van der Waals surface area (Å²) < 4.78 is 5.49. The highest BCUT2D eigenvalue weighted by molar-refractivity contribution is 7.13. The lowest BCUT2D eigenvalue weighted by molar-refractivity contribution is 0.238. The number of aryl methyl sites for hydroxylation is 1. The van der Waals surface area contributed by atoms with Gasteiger partial charge in [0.25, 0.3) is 0 Å². The average molecular weight is 410 g/mol. The van der Waals surface area contributed by atoms with E-state index in [9.17, 15) is 4.79 Å². The van der Waals surface area contributed by atoms with Crippen LogP contribution in [0.5, 0.6) is 0 Å². The minimum absolute atomic E-state index is 0.195. The first-order valence-corrected chi connectivity index (χ1v) is 10.6. The van der Waals surface area contributed by atoms with Gasteiger partial charge in [-0.05, 0) is 35.4 Å². The number of hydrogen-bond donors (Lipinski definition) is 2. The van der Waals surface area contributed by atoms with Gasteiger partial charge in [0, 0.05) is 4.88 Å². The number of oxazole rings is 1. The Labute approximate surface area is 171 Å². The van der Waals surface area contributed by atoms with Crippen LogP contribution in [0.25, 0.3) is 10.8 Å². The van der Waals surface area contributed by atoms with Crippen molar-refractivity contribution >= 4 is 28.7 Å². The molecule has 4 aromatic rings. The Morgan fingerprint density at radius 2 is 1.89 bits per heavy atom. The van der Waals surface area contributed by atoms with Crippen LogP contribution in [0.15, 0.2) is 70.0 Å². The highest BCUT2D eigenvalue weighted by atomic mass is 32.1. The third kappa shape index (κ3) is 4.32. The van der Waals surface area contributed by atoms with Crippen LogP contribution in [0.3, 0.4) is 0 Å². The maximum Gasteiger partial charge on any atom is 0.315 e. The van der Waals surface area contributed by atoms with Gasteiger partial charge in [0.15, 0.2) is 0 Å². The topological polar surface area (TPSA) is 67.2 Å². The summed E-state index contributed by atoms with van der Waals surface area (Å²) in [5.74, 6) is 0.573. The quantitative estimate of drug-likeness (QED) is 0.450. The van der Waals surface area contributed by atoms with Crippen molar-refractivity contribution in [3.8, 4) is 10.8 Å². The minimum Gasteiger partial charge on any atom is -0.443 e. The Kier molecular flexibility index (Phi) is 5.55. The Balaban J connectivity index is 1.41. The highest BCUT2D eigenvalue weighted by Crippen LogP contribution is 2.26. The van der Waals surface area contributed by atoms with Gasteiger partial charge in [0.05, 0.1) is 23.2 Å². The van der Waals surface area contributed by atoms with Crippen LogP contribution < -0.4 is 10.6 Å². The van der Waals surface area contributed by atoms with E-state index in [1.807, 2.05) is 54.1 Å². The van der Waals surface area contributed by atoms with Crippen LogP contribution in [-0.2, 0) is 6.54 Å². The molecule has 1 aromatic carbocycles. The van der Waals surface area contributed by atoms with Crippen molar-refractivity contribution in [2.45, 2.75) is 19.5 Å². The Bertz CT molecular complexity index is 1020. The number of carbonyl (C=O) groups excluding carboxylic acids is 1. The molecule has 0 fully saturated rings. The maximum absolute atomic E-state index is 12.5. The number of benzene rings is 1. The summed E-state index contributed by atoms with van der Waals surface area (Å²) in [7, 11) is 0. The van der Waals surface area contributed by atoms with Crippen LogP contribution in [0, 0.1) is 6.92 Å². The minimum atomic E-state index is -0.250. The van der Waals surface area contributed by atoms with E-state index in [-0.39, 0.29) is 12.1 Å². The van der Waals surface area contributed by atoms with Gasteiger partial charge >= 0.3 is 6.03 Å². The van der Waals surface area contributed by atoms with Crippen molar-refractivity contribution in [1.29, 1.82) is 0 Å². The van der Waals surface area contributed by atoms with Crippen LogP contribution >= 0.6 is 22.7 Å². The van der Waals surface area contributed by atoms with Gasteiger partial charge in [-0.2, -0.15) is 0 Å². The molecule has 0 aliphatic carbocycles. The molecule has 0 saturated heterocycles. The summed E-state index contributed by atoms with van der Waals surface area (Å²) in [6, 6.07) is 15.7. The van der Waals surface area contributed by atoms with Crippen LogP contribution in [0.1, 0.15) is 27.7 Å². The van der Waals surface area contributed by atoms with Gasteiger partial charge in [-0.3, -0.25) is 0 Å². The van der Waals surface area contributed by atoms with Crippen molar-refractivity contribution in [1.82, 2.24) is 15.6 Å². The largest absolute Gasteiger partial charge is 0.443 e. The maximum atomic E-state index is 12.5. The summed E-state index contributed by atoms with van der Waals surface area (Å²) >= 11 is 3.18. The molecule has 0 aliphatic rings. The molecule has 2 N–H and O–H groups in total. The molecular formula is C21H19N3O2S2. The van der Waals surface area contributed by atoms with E-state index in [1.165, 1.54) is 5.56 Å². The fourth-order valence-electron chi connectivity index (χ4n) is 2.79. The highest BCUT2D eigenvalue weighted by Gasteiger charge is 2.18. The molecule has 0 spiro atoms. The average Bonchev–Trinajstić information content (AvgIpc) is 3.47. The molecule has 0 saturated carbocycles. The lowest BCUT2D eigenvalue weighted by Crippen LogP contribution is -2.37. The number of amides is 2. The smallest absolute Gasteiger partial charge is 0.315 e. The van der Waals surface area contributed by atoms with E-state index in [0.29, 0.717) is 18.1 Å². The van der Waals surface area contributed by atoms with Crippen molar-refractivity contribution in [2.75, 3.05) is 0 Å². The van der Waals surface area contributed by atoms with Gasteiger partial charge < -0.3 is 15.1 Å². The number of rotatable bonds is 6. The van der Waals surface area contributed by atoms with E-state index in [1.54, 1.807) is 28.9 Å². The van der Waals surface area contributed by atoms with Crippen LogP contribution in [-0.4, -0.2) is 11.0 Å². The number of aromatic nitrogens is 1. The van der Waals surface area contributed by atoms with Gasteiger partial charge in [0.2, 0.25) is 5.89 Å². The van der Waals surface area contributed by atoms with E-state index in [2.05, 4.69) is 27.8 Å². The molecule has 0 radical (unpaired) electrons. The molecule has 5 nitrogen and oxygen atoms in total. The van der Waals surface area contributed by atoms with E-state index >= 15 is 0 Å². The first-order valence-electron chi connectivity index (χ1n) is 8.81. The van der Waals surface area contributed by atoms with Crippen LogP contribution in [0.4, 0.5) is 4.79 Å². The normalized spacial score (nSPS) is 11.9. The molecule has 0 bridgehead atoms. The predicted molar refractivity (Wildman–Crippen MR) is 113 cm³/mol. The molecule has 4 rings (SSSR count). The number of thiophene rings is 2. The van der Waals surface area contributed by atoms with E-state index < -0.39 is 0 Å². The van der Waals surface area contributed by atoms with Gasteiger partial charge in [-0.1, -0.05) is 42.0 Å². The summed E-state index contributed by atoms with van der Waals surface area (Å²) in [5, 5.41) is 9.91. The van der Waals surface area contributed by atoms with Crippen molar-refractivity contribution in [3.05, 3.63) is 87.3 Å². The number of nitrogens with one attached hydrogen (secondary N) is 2. The first kappa shape index (κ1) is 18.5. The second-order valence-electron chi connectivity index (χ2n) is 6.31. The van der Waals surface area contributed by atoms with Crippen molar-refractivity contribution in [3.63, 3.8) is 0 Å². The van der Waals surface area contributed by atoms with E-state index in [0.717, 1.165) is 15.3 Å². The Morgan fingerprint density at radius 1 is 1.11 bits per heavy atom. The lowest BCUT2D eigenvalue weighted by atomic mass is 10.0. The fraction of sp³-hybridized carbons (Fsp3) is 0.143. The van der Waals surface area contributed by atoms with Gasteiger partial charge in [-0.25, -0.2) is 9.78 Å². The summed E-state index contributed by atoms with van der Waals surface area (Å²) in [6.07, 6.45) is 1.58. The monoisotopic (exact) mass is 409 g/mol. The molecule has 2 amide bonds. The molecule has 142 valence electrons. The third-order valence-electron chi connectivity index (χ3n) is 4.23. The zero-order chi connectivity index (χ0) is 19.3. The number of carbonyl (C=O) groups is 1.